The number of hydrogen-bond acceptors (Lipinski definition) is 3. The Morgan fingerprint density at radius 3 is 3.00 bits per heavy atom. The highest BCUT2D eigenvalue weighted by Gasteiger charge is 2.28. The van der Waals surface area contributed by atoms with Crippen LogP contribution in [0, 0.1) is 6.92 Å². The molecule has 1 unspecified atom stereocenters. The number of carbonyl (C=O) groups excluding carboxylic acids is 1. The molecule has 1 heterocycles. The van der Waals surface area contributed by atoms with E-state index in [4.69, 9.17) is 0 Å². The van der Waals surface area contributed by atoms with E-state index >= 15 is 0 Å². The highest BCUT2D eigenvalue weighted by Crippen LogP contribution is 2.34. The third-order valence-electron chi connectivity index (χ3n) is 4.46. The van der Waals surface area contributed by atoms with E-state index in [1.165, 1.54) is 11.1 Å². The number of hydrogen-bond donors (Lipinski definition) is 2. The van der Waals surface area contributed by atoms with Gasteiger partial charge in [-0.1, -0.05) is 24.3 Å². The molecule has 0 saturated carbocycles. The maximum atomic E-state index is 12.8. The van der Waals surface area contributed by atoms with Crippen molar-refractivity contribution in [1.29, 1.82) is 0 Å². The van der Waals surface area contributed by atoms with Gasteiger partial charge in [0.05, 0.1) is 12.6 Å². The van der Waals surface area contributed by atoms with Crippen molar-refractivity contribution in [1.82, 2.24) is 9.88 Å². The molecular formula is C19H23N3O2. The molecule has 1 atom stereocenters. The second-order valence-corrected chi connectivity index (χ2v) is 6.14. The first-order valence-corrected chi connectivity index (χ1v) is 8.38. The van der Waals surface area contributed by atoms with Crippen molar-refractivity contribution in [2.75, 3.05) is 18.5 Å². The Morgan fingerprint density at radius 1 is 1.38 bits per heavy atom. The lowest BCUT2D eigenvalue weighted by molar-refractivity contribution is 0.155. The molecule has 1 aromatic heterocycles. The number of urea groups is 1. The van der Waals surface area contributed by atoms with Crippen molar-refractivity contribution in [3.8, 4) is 0 Å². The van der Waals surface area contributed by atoms with Crippen molar-refractivity contribution in [2.24, 2.45) is 0 Å². The number of aliphatic hydroxyl groups excluding tert-OH is 1. The van der Waals surface area contributed by atoms with Crippen molar-refractivity contribution < 1.29 is 9.90 Å². The first-order valence-electron chi connectivity index (χ1n) is 8.38. The second-order valence-electron chi connectivity index (χ2n) is 6.14. The van der Waals surface area contributed by atoms with E-state index < -0.39 is 0 Å². The van der Waals surface area contributed by atoms with Crippen LogP contribution >= 0.6 is 0 Å². The lowest BCUT2D eigenvalue weighted by Crippen LogP contribution is -2.41. The van der Waals surface area contributed by atoms with Crippen LogP contribution in [0.2, 0.25) is 0 Å². The minimum atomic E-state index is -0.184. The van der Waals surface area contributed by atoms with Gasteiger partial charge in [0.1, 0.15) is 0 Å². The Bertz CT molecular complexity index is 717. The molecule has 0 saturated heterocycles. The van der Waals surface area contributed by atoms with Crippen molar-refractivity contribution in [3.63, 3.8) is 0 Å². The third-order valence-corrected chi connectivity index (χ3v) is 4.46. The van der Waals surface area contributed by atoms with E-state index in [9.17, 15) is 9.90 Å². The predicted molar refractivity (Wildman–Crippen MR) is 93.9 cm³/mol. The topological polar surface area (TPSA) is 65.5 Å². The van der Waals surface area contributed by atoms with Gasteiger partial charge in [-0.25, -0.2) is 4.79 Å². The van der Waals surface area contributed by atoms with Gasteiger partial charge in [0.25, 0.3) is 0 Å². The van der Waals surface area contributed by atoms with E-state index in [0.29, 0.717) is 6.54 Å². The van der Waals surface area contributed by atoms with Gasteiger partial charge in [-0.2, -0.15) is 0 Å². The molecule has 126 valence electrons. The number of pyridine rings is 1. The van der Waals surface area contributed by atoms with Crippen LogP contribution in [0.4, 0.5) is 10.5 Å². The zero-order chi connectivity index (χ0) is 16.9. The standard InChI is InChI=1S/C19H23N3O2/c1-14-13-16(9-10-20-14)21-19(24)22(11-12-23)18-8-4-6-15-5-2-3-7-17(15)18/h2-3,5,7,9-10,13,18,23H,4,6,8,11-12H2,1H3,(H,20,21,24). The number of nitrogens with one attached hydrogen (secondary N) is 1. The Kier molecular flexibility index (Phi) is 5.11. The number of benzene rings is 1. The summed E-state index contributed by atoms with van der Waals surface area (Å²) < 4.78 is 0. The molecule has 5 heteroatoms. The summed E-state index contributed by atoms with van der Waals surface area (Å²) in [5, 5.41) is 12.4. The Balaban J connectivity index is 1.83. The maximum absolute atomic E-state index is 12.8. The number of rotatable bonds is 4. The summed E-state index contributed by atoms with van der Waals surface area (Å²) in [6.07, 6.45) is 4.69. The molecule has 0 radical (unpaired) electrons. The molecule has 1 aliphatic carbocycles. The summed E-state index contributed by atoms with van der Waals surface area (Å²) in [5.41, 5.74) is 4.06. The lowest BCUT2D eigenvalue weighted by Gasteiger charge is -2.35. The largest absolute Gasteiger partial charge is 0.395 e. The molecule has 0 fully saturated rings. The average Bonchev–Trinajstić information content (AvgIpc) is 2.59. The molecule has 5 nitrogen and oxygen atoms in total. The summed E-state index contributed by atoms with van der Waals surface area (Å²) in [6, 6.07) is 11.7. The highest BCUT2D eigenvalue weighted by molar-refractivity contribution is 5.89. The molecule has 0 aliphatic heterocycles. The predicted octanol–water partition coefficient (Wildman–Crippen LogP) is 3.29. The first kappa shape index (κ1) is 16.5. The third kappa shape index (κ3) is 3.57. The normalized spacial score (nSPS) is 16.3. The van der Waals surface area contributed by atoms with Crippen LogP contribution in [0.1, 0.15) is 35.7 Å². The van der Waals surface area contributed by atoms with Crippen LogP contribution in [0.25, 0.3) is 0 Å². The fourth-order valence-corrected chi connectivity index (χ4v) is 3.38. The van der Waals surface area contributed by atoms with Crippen LogP contribution in [0.5, 0.6) is 0 Å². The highest BCUT2D eigenvalue weighted by atomic mass is 16.3. The van der Waals surface area contributed by atoms with E-state index in [1.807, 2.05) is 25.1 Å². The molecule has 2 N–H and O–H groups in total. The summed E-state index contributed by atoms with van der Waals surface area (Å²) in [7, 11) is 0. The Labute approximate surface area is 142 Å². The molecule has 24 heavy (non-hydrogen) atoms. The van der Waals surface area contributed by atoms with Crippen LogP contribution in [-0.2, 0) is 6.42 Å². The minimum Gasteiger partial charge on any atom is -0.395 e. The summed E-state index contributed by atoms with van der Waals surface area (Å²) in [4.78, 5) is 18.7. The molecule has 3 rings (SSSR count). The molecule has 2 aromatic rings. The maximum Gasteiger partial charge on any atom is 0.322 e. The fourth-order valence-electron chi connectivity index (χ4n) is 3.38. The summed E-state index contributed by atoms with van der Waals surface area (Å²) in [5.74, 6) is 0. The second kappa shape index (κ2) is 7.45. The number of fused-ring (bicyclic) bond motifs is 1. The minimum absolute atomic E-state index is 0.00466. The molecular weight excluding hydrogens is 302 g/mol. The monoisotopic (exact) mass is 325 g/mol. The number of amides is 2. The van der Waals surface area contributed by atoms with Gasteiger partial charge in [0.2, 0.25) is 0 Å². The molecule has 1 aromatic carbocycles. The SMILES string of the molecule is Cc1cc(NC(=O)N(CCO)C2CCCc3ccccc32)ccn1. The quantitative estimate of drug-likeness (QED) is 0.906. The summed E-state index contributed by atoms with van der Waals surface area (Å²) >= 11 is 0. The molecule has 2 amide bonds. The van der Waals surface area contributed by atoms with Gasteiger partial charge in [-0.15, -0.1) is 0 Å². The number of nitrogens with zero attached hydrogens (tertiary/aromatic N) is 2. The van der Waals surface area contributed by atoms with Crippen LogP contribution in [0.15, 0.2) is 42.6 Å². The van der Waals surface area contributed by atoms with E-state index in [-0.39, 0.29) is 18.7 Å². The molecule has 0 spiro atoms. The van der Waals surface area contributed by atoms with Gasteiger partial charge in [0.15, 0.2) is 0 Å². The van der Waals surface area contributed by atoms with Gasteiger partial charge in [0, 0.05) is 24.1 Å². The molecule has 1 aliphatic rings. The number of aromatic nitrogens is 1. The van der Waals surface area contributed by atoms with Crippen LogP contribution in [-0.4, -0.2) is 34.2 Å². The number of carbonyl (C=O) groups is 1. The van der Waals surface area contributed by atoms with Crippen molar-refractivity contribution >= 4 is 11.7 Å². The zero-order valence-corrected chi connectivity index (χ0v) is 13.9. The number of aliphatic hydroxyl groups is 1. The van der Waals surface area contributed by atoms with Gasteiger partial charge in [-0.3, -0.25) is 4.98 Å². The first-order chi connectivity index (χ1) is 11.7. The van der Waals surface area contributed by atoms with Gasteiger partial charge >= 0.3 is 6.03 Å². The number of anilines is 1. The van der Waals surface area contributed by atoms with Gasteiger partial charge in [-0.05, 0) is 49.4 Å². The van der Waals surface area contributed by atoms with E-state index in [0.717, 1.165) is 30.6 Å². The van der Waals surface area contributed by atoms with Crippen LogP contribution in [0.3, 0.4) is 0 Å². The van der Waals surface area contributed by atoms with E-state index in [1.54, 1.807) is 17.2 Å². The van der Waals surface area contributed by atoms with Crippen molar-refractivity contribution in [3.05, 3.63) is 59.4 Å². The Hall–Kier alpha value is -2.40. The number of aryl methyl sites for hydroxylation is 2. The lowest BCUT2D eigenvalue weighted by atomic mass is 9.87. The molecule has 0 bridgehead atoms. The summed E-state index contributed by atoms with van der Waals surface area (Å²) in [6.45, 7) is 2.15. The van der Waals surface area contributed by atoms with Crippen LogP contribution < -0.4 is 5.32 Å². The zero-order valence-electron chi connectivity index (χ0n) is 13.9. The van der Waals surface area contributed by atoms with Crippen molar-refractivity contribution in [2.45, 2.75) is 32.2 Å². The average molecular weight is 325 g/mol. The van der Waals surface area contributed by atoms with E-state index in [2.05, 4.69) is 22.4 Å². The Morgan fingerprint density at radius 2 is 2.21 bits per heavy atom. The smallest absolute Gasteiger partial charge is 0.322 e. The fraction of sp³-hybridized carbons (Fsp3) is 0.368. The van der Waals surface area contributed by atoms with Gasteiger partial charge < -0.3 is 15.3 Å².